The molecule has 0 heterocycles. The minimum atomic E-state index is 0.122. The molecule has 0 bridgehead atoms. The van der Waals surface area contributed by atoms with Crippen molar-refractivity contribution in [1.29, 1.82) is 0 Å². The highest BCUT2D eigenvalue weighted by Crippen LogP contribution is 2.31. The van der Waals surface area contributed by atoms with Crippen LogP contribution in [0, 0.1) is 0 Å². The summed E-state index contributed by atoms with van der Waals surface area (Å²) in [4.78, 5) is 0. The van der Waals surface area contributed by atoms with Gasteiger partial charge in [0.15, 0.2) is 0 Å². The predicted octanol–water partition coefficient (Wildman–Crippen LogP) is 6.38. The van der Waals surface area contributed by atoms with Crippen LogP contribution in [0.3, 0.4) is 0 Å². The second-order valence-corrected chi connectivity index (χ2v) is 7.96. The van der Waals surface area contributed by atoms with Gasteiger partial charge in [0.25, 0.3) is 0 Å². The Morgan fingerprint density at radius 2 is 1.30 bits per heavy atom. The topological polar surface area (TPSA) is 18.5 Å². The third kappa shape index (κ3) is 7.36. The third-order valence-electron chi connectivity index (χ3n) is 3.89. The van der Waals surface area contributed by atoms with Gasteiger partial charge in [-0.1, -0.05) is 75.5 Å². The SMILES string of the molecule is CCCCOCc1cc(C(C)(C)C)cc(COCCCC)c1Br. The molecule has 0 amide bonds. The summed E-state index contributed by atoms with van der Waals surface area (Å²) in [6.07, 6.45) is 4.56. The first-order chi connectivity index (χ1) is 10.9. The molecule has 0 spiro atoms. The molecule has 0 aromatic heterocycles. The van der Waals surface area contributed by atoms with Crippen LogP contribution in [0.2, 0.25) is 0 Å². The zero-order chi connectivity index (χ0) is 17.3. The Morgan fingerprint density at radius 3 is 1.65 bits per heavy atom. The van der Waals surface area contributed by atoms with Crippen molar-refractivity contribution in [1.82, 2.24) is 0 Å². The molecule has 23 heavy (non-hydrogen) atoms. The first-order valence-corrected chi connectivity index (χ1v) is 9.66. The van der Waals surface area contributed by atoms with Gasteiger partial charge in [0, 0.05) is 17.7 Å². The maximum absolute atomic E-state index is 5.84. The monoisotopic (exact) mass is 384 g/mol. The average molecular weight is 385 g/mol. The third-order valence-corrected chi connectivity index (χ3v) is 4.91. The molecule has 1 rings (SSSR count). The molecule has 0 atom stereocenters. The minimum Gasteiger partial charge on any atom is -0.377 e. The van der Waals surface area contributed by atoms with Crippen LogP contribution in [0.15, 0.2) is 16.6 Å². The Hall–Kier alpha value is -0.380. The van der Waals surface area contributed by atoms with E-state index in [1.165, 1.54) is 29.5 Å². The van der Waals surface area contributed by atoms with Crippen LogP contribution in [-0.2, 0) is 28.1 Å². The van der Waals surface area contributed by atoms with Crippen molar-refractivity contribution in [2.45, 2.75) is 78.9 Å². The van der Waals surface area contributed by atoms with Crippen molar-refractivity contribution in [2.75, 3.05) is 13.2 Å². The molecular weight excluding hydrogens is 352 g/mol. The average Bonchev–Trinajstić information content (AvgIpc) is 2.49. The van der Waals surface area contributed by atoms with Gasteiger partial charge in [-0.25, -0.2) is 0 Å². The lowest BCUT2D eigenvalue weighted by Gasteiger charge is -2.23. The Labute approximate surface area is 151 Å². The van der Waals surface area contributed by atoms with Gasteiger partial charge in [0.05, 0.1) is 13.2 Å². The van der Waals surface area contributed by atoms with Crippen molar-refractivity contribution >= 4 is 15.9 Å². The number of ether oxygens (including phenoxy) is 2. The lowest BCUT2D eigenvalue weighted by Crippen LogP contribution is -2.13. The normalized spacial score (nSPS) is 11.9. The van der Waals surface area contributed by atoms with Gasteiger partial charge in [0.1, 0.15) is 0 Å². The highest BCUT2D eigenvalue weighted by atomic mass is 79.9. The predicted molar refractivity (Wildman–Crippen MR) is 102 cm³/mol. The number of hydrogen-bond donors (Lipinski definition) is 0. The van der Waals surface area contributed by atoms with E-state index in [9.17, 15) is 0 Å². The van der Waals surface area contributed by atoms with Crippen molar-refractivity contribution in [3.63, 3.8) is 0 Å². The highest BCUT2D eigenvalue weighted by molar-refractivity contribution is 9.10. The van der Waals surface area contributed by atoms with Gasteiger partial charge < -0.3 is 9.47 Å². The Kier molecular flexibility index (Phi) is 9.41. The summed E-state index contributed by atoms with van der Waals surface area (Å²) in [6, 6.07) is 4.54. The van der Waals surface area contributed by atoms with E-state index in [0.29, 0.717) is 13.2 Å². The summed E-state index contributed by atoms with van der Waals surface area (Å²) in [6.45, 7) is 14.1. The molecule has 0 aliphatic rings. The van der Waals surface area contributed by atoms with E-state index in [-0.39, 0.29) is 5.41 Å². The van der Waals surface area contributed by atoms with Crippen molar-refractivity contribution in [3.05, 3.63) is 33.3 Å². The van der Waals surface area contributed by atoms with E-state index >= 15 is 0 Å². The van der Waals surface area contributed by atoms with Gasteiger partial charge in [-0.05, 0) is 34.9 Å². The van der Waals surface area contributed by atoms with Gasteiger partial charge in [-0.2, -0.15) is 0 Å². The van der Waals surface area contributed by atoms with Crippen LogP contribution in [0.4, 0.5) is 0 Å². The molecule has 0 fully saturated rings. The Bertz CT molecular complexity index is 430. The first kappa shape index (κ1) is 20.7. The van der Waals surface area contributed by atoms with Gasteiger partial charge in [-0.15, -0.1) is 0 Å². The smallest absolute Gasteiger partial charge is 0.0728 e. The molecule has 1 aromatic carbocycles. The first-order valence-electron chi connectivity index (χ1n) is 8.87. The summed E-state index contributed by atoms with van der Waals surface area (Å²) >= 11 is 3.76. The standard InChI is InChI=1S/C20H33BrO2/c1-6-8-10-22-14-16-12-18(20(3,4)5)13-17(19(16)21)15-23-11-9-7-2/h12-13H,6-11,14-15H2,1-5H3. The fourth-order valence-corrected chi connectivity index (χ4v) is 2.71. The fourth-order valence-electron chi connectivity index (χ4n) is 2.25. The van der Waals surface area contributed by atoms with E-state index in [4.69, 9.17) is 9.47 Å². The largest absolute Gasteiger partial charge is 0.377 e. The number of halogens is 1. The van der Waals surface area contributed by atoms with Gasteiger partial charge >= 0.3 is 0 Å². The van der Waals surface area contributed by atoms with E-state index < -0.39 is 0 Å². The molecule has 3 heteroatoms. The van der Waals surface area contributed by atoms with Gasteiger partial charge in [-0.3, -0.25) is 0 Å². The van der Waals surface area contributed by atoms with E-state index in [2.05, 4.69) is 62.7 Å². The van der Waals surface area contributed by atoms with Crippen LogP contribution >= 0.6 is 15.9 Å². The highest BCUT2D eigenvalue weighted by Gasteiger charge is 2.18. The van der Waals surface area contributed by atoms with Crippen LogP contribution in [0.5, 0.6) is 0 Å². The molecule has 0 saturated carbocycles. The molecule has 0 N–H and O–H groups in total. The molecule has 1 aromatic rings. The summed E-state index contributed by atoms with van der Waals surface area (Å²) in [5, 5.41) is 0. The number of unbranched alkanes of at least 4 members (excludes halogenated alkanes) is 2. The Morgan fingerprint density at radius 1 is 0.870 bits per heavy atom. The van der Waals surface area contributed by atoms with Crippen molar-refractivity contribution < 1.29 is 9.47 Å². The number of benzene rings is 1. The van der Waals surface area contributed by atoms with E-state index in [1.807, 2.05) is 0 Å². The maximum atomic E-state index is 5.84. The quantitative estimate of drug-likeness (QED) is 0.435. The van der Waals surface area contributed by atoms with Crippen LogP contribution in [0.1, 0.15) is 77.0 Å². The lowest BCUT2D eigenvalue weighted by molar-refractivity contribution is 0.113. The summed E-state index contributed by atoms with van der Waals surface area (Å²) in [5.41, 5.74) is 3.91. The second-order valence-electron chi connectivity index (χ2n) is 7.17. The molecule has 0 aliphatic heterocycles. The van der Waals surface area contributed by atoms with Crippen LogP contribution < -0.4 is 0 Å². The molecule has 2 nitrogen and oxygen atoms in total. The fraction of sp³-hybridized carbons (Fsp3) is 0.700. The summed E-state index contributed by atoms with van der Waals surface area (Å²) < 4.78 is 12.8. The zero-order valence-electron chi connectivity index (χ0n) is 15.5. The number of hydrogen-bond acceptors (Lipinski definition) is 2. The van der Waals surface area contributed by atoms with Gasteiger partial charge in [0.2, 0.25) is 0 Å². The van der Waals surface area contributed by atoms with Crippen molar-refractivity contribution in [3.8, 4) is 0 Å². The van der Waals surface area contributed by atoms with Crippen LogP contribution in [0.25, 0.3) is 0 Å². The summed E-state index contributed by atoms with van der Waals surface area (Å²) in [7, 11) is 0. The molecule has 0 saturated heterocycles. The Balaban J connectivity index is 2.89. The molecule has 0 unspecified atom stereocenters. The van der Waals surface area contributed by atoms with E-state index in [0.717, 1.165) is 30.5 Å². The van der Waals surface area contributed by atoms with Crippen LogP contribution in [-0.4, -0.2) is 13.2 Å². The minimum absolute atomic E-state index is 0.122. The van der Waals surface area contributed by atoms with Crippen molar-refractivity contribution in [2.24, 2.45) is 0 Å². The molecule has 132 valence electrons. The maximum Gasteiger partial charge on any atom is 0.0728 e. The second kappa shape index (κ2) is 10.5. The molecular formula is C20H33BrO2. The molecule has 0 aliphatic carbocycles. The zero-order valence-corrected chi connectivity index (χ0v) is 17.1. The lowest BCUT2D eigenvalue weighted by atomic mass is 9.85. The number of rotatable bonds is 10. The van der Waals surface area contributed by atoms with E-state index in [1.54, 1.807) is 0 Å². The molecule has 0 radical (unpaired) electrons. The summed E-state index contributed by atoms with van der Waals surface area (Å²) in [5.74, 6) is 0.